The SMILES string of the molecule is CC(C)OC[C@H]1O[C@@H](C)C(C#N)(C#N)[C@H]1OP(=O)(O)OC[C@H]1O[C@@H](C)C[C@H]1OC(C)C. The summed E-state index contributed by atoms with van der Waals surface area (Å²) in [5.41, 5.74) is -1.78. The molecule has 31 heavy (non-hydrogen) atoms. The third-order valence-electron chi connectivity index (χ3n) is 5.25. The molecule has 2 aliphatic heterocycles. The summed E-state index contributed by atoms with van der Waals surface area (Å²) in [7, 11) is -4.67. The van der Waals surface area contributed by atoms with E-state index in [0.29, 0.717) is 6.42 Å². The summed E-state index contributed by atoms with van der Waals surface area (Å²) in [6.07, 6.45) is -3.53. The molecule has 0 aromatic carbocycles. The van der Waals surface area contributed by atoms with Crippen molar-refractivity contribution >= 4 is 7.82 Å². The van der Waals surface area contributed by atoms with Gasteiger partial charge in [-0.25, -0.2) is 4.57 Å². The van der Waals surface area contributed by atoms with Gasteiger partial charge in [0.1, 0.15) is 18.3 Å². The average molecular weight is 460 g/mol. The number of nitrogens with zero attached hydrogens (tertiary/aromatic N) is 2. The summed E-state index contributed by atoms with van der Waals surface area (Å²) in [4.78, 5) is 10.4. The summed E-state index contributed by atoms with van der Waals surface area (Å²) in [6, 6.07) is 3.80. The van der Waals surface area contributed by atoms with Crippen molar-refractivity contribution in [2.24, 2.45) is 5.41 Å². The van der Waals surface area contributed by atoms with Gasteiger partial charge in [-0.2, -0.15) is 10.5 Å². The molecular weight excluding hydrogens is 427 g/mol. The van der Waals surface area contributed by atoms with E-state index in [1.54, 1.807) is 6.92 Å². The zero-order chi connectivity index (χ0) is 23.4. The Bertz CT molecular complexity index is 720. The zero-order valence-electron chi connectivity index (χ0n) is 18.9. The summed E-state index contributed by atoms with van der Waals surface area (Å²) < 4.78 is 46.1. The largest absolute Gasteiger partial charge is 0.472 e. The second-order valence-electron chi connectivity index (χ2n) is 8.53. The lowest BCUT2D eigenvalue weighted by Crippen LogP contribution is -2.41. The highest BCUT2D eigenvalue weighted by atomic mass is 31.2. The molecule has 2 heterocycles. The van der Waals surface area contributed by atoms with E-state index in [2.05, 4.69) is 0 Å². The highest BCUT2D eigenvalue weighted by Crippen LogP contribution is 2.52. The molecule has 0 radical (unpaired) electrons. The molecule has 0 saturated carbocycles. The third kappa shape index (κ3) is 6.47. The van der Waals surface area contributed by atoms with Gasteiger partial charge in [0, 0.05) is 6.42 Å². The molecule has 0 aromatic heterocycles. The van der Waals surface area contributed by atoms with E-state index in [9.17, 15) is 20.0 Å². The van der Waals surface area contributed by atoms with Crippen LogP contribution in [0.3, 0.4) is 0 Å². The van der Waals surface area contributed by atoms with Crippen molar-refractivity contribution < 1.29 is 37.5 Å². The van der Waals surface area contributed by atoms with Crippen molar-refractivity contribution in [3.05, 3.63) is 0 Å². The molecule has 0 aromatic rings. The Morgan fingerprint density at radius 1 is 1.10 bits per heavy atom. The Hall–Kier alpha value is -1.07. The monoisotopic (exact) mass is 460 g/mol. The lowest BCUT2D eigenvalue weighted by atomic mass is 9.81. The normalized spacial score (nSPS) is 34.5. The second kappa shape index (κ2) is 10.7. The van der Waals surface area contributed by atoms with Gasteiger partial charge in [0.05, 0.1) is 55.9 Å². The fourth-order valence-corrected chi connectivity index (χ4v) is 4.75. The second-order valence-corrected chi connectivity index (χ2v) is 9.93. The van der Waals surface area contributed by atoms with E-state index in [0.717, 1.165) is 0 Å². The predicted octanol–water partition coefficient (Wildman–Crippen LogP) is 2.71. The fraction of sp³-hybridized carbons (Fsp3) is 0.900. The van der Waals surface area contributed by atoms with E-state index in [4.69, 9.17) is 28.0 Å². The topological polar surface area (TPSA) is 140 Å². The Kier molecular flexibility index (Phi) is 9.04. The first-order valence-corrected chi connectivity index (χ1v) is 12.0. The molecule has 2 saturated heterocycles. The van der Waals surface area contributed by atoms with E-state index in [-0.39, 0.29) is 37.6 Å². The number of hydrogen-bond acceptors (Lipinski definition) is 9. The molecule has 10 nitrogen and oxygen atoms in total. The van der Waals surface area contributed by atoms with Crippen molar-refractivity contribution in [2.75, 3.05) is 13.2 Å². The van der Waals surface area contributed by atoms with Crippen LogP contribution in [0.5, 0.6) is 0 Å². The van der Waals surface area contributed by atoms with Crippen LogP contribution in [0.4, 0.5) is 0 Å². The van der Waals surface area contributed by atoms with Crippen LogP contribution in [0.15, 0.2) is 0 Å². The minimum atomic E-state index is -4.67. The first-order valence-electron chi connectivity index (χ1n) is 10.5. The van der Waals surface area contributed by atoms with Crippen molar-refractivity contribution in [1.29, 1.82) is 10.5 Å². The lowest BCUT2D eigenvalue weighted by molar-refractivity contribution is -0.0705. The van der Waals surface area contributed by atoms with Gasteiger partial charge in [-0.1, -0.05) is 0 Å². The third-order valence-corrected chi connectivity index (χ3v) is 6.22. The van der Waals surface area contributed by atoms with Crippen LogP contribution < -0.4 is 0 Å². The molecule has 1 N–H and O–H groups in total. The van der Waals surface area contributed by atoms with Gasteiger partial charge in [-0.3, -0.25) is 9.05 Å². The van der Waals surface area contributed by atoms with Crippen molar-refractivity contribution in [3.63, 3.8) is 0 Å². The first kappa shape index (κ1) is 26.2. The van der Waals surface area contributed by atoms with Gasteiger partial charge >= 0.3 is 7.82 Å². The smallest absolute Gasteiger partial charge is 0.376 e. The number of rotatable bonds is 10. The molecule has 0 aliphatic carbocycles. The molecule has 0 spiro atoms. The highest BCUT2D eigenvalue weighted by Gasteiger charge is 2.59. The molecule has 0 amide bonds. The maximum absolute atomic E-state index is 12.7. The van der Waals surface area contributed by atoms with E-state index in [1.807, 2.05) is 46.8 Å². The zero-order valence-corrected chi connectivity index (χ0v) is 19.8. The summed E-state index contributed by atoms with van der Waals surface area (Å²) in [5.74, 6) is 0. The first-order chi connectivity index (χ1) is 14.4. The van der Waals surface area contributed by atoms with E-state index >= 15 is 0 Å². The Morgan fingerprint density at radius 3 is 2.29 bits per heavy atom. The predicted molar refractivity (Wildman–Crippen MR) is 109 cm³/mol. The van der Waals surface area contributed by atoms with Crippen LogP contribution in [0.1, 0.15) is 48.0 Å². The van der Waals surface area contributed by atoms with Gasteiger partial charge < -0.3 is 23.8 Å². The van der Waals surface area contributed by atoms with Gasteiger partial charge in [0.2, 0.25) is 0 Å². The highest BCUT2D eigenvalue weighted by molar-refractivity contribution is 7.47. The van der Waals surface area contributed by atoms with Crippen molar-refractivity contribution in [1.82, 2.24) is 0 Å². The van der Waals surface area contributed by atoms with Crippen LogP contribution >= 0.6 is 7.82 Å². The number of phosphoric ester groups is 1. The van der Waals surface area contributed by atoms with Gasteiger partial charge in [0.25, 0.3) is 0 Å². The van der Waals surface area contributed by atoms with Crippen LogP contribution in [-0.2, 0) is 32.6 Å². The van der Waals surface area contributed by atoms with Crippen molar-refractivity contribution in [2.45, 2.75) is 96.8 Å². The van der Waals surface area contributed by atoms with Gasteiger partial charge in [-0.15, -0.1) is 0 Å². The Labute approximate surface area is 183 Å². The molecule has 11 heteroatoms. The molecule has 7 atom stereocenters. The van der Waals surface area contributed by atoms with Gasteiger partial charge in [-0.05, 0) is 41.5 Å². The summed E-state index contributed by atoms with van der Waals surface area (Å²) in [5, 5.41) is 19.4. The van der Waals surface area contributed by atoms with E-state index < -0.39 is 37.7 Å². The maximum atomic E-state index is 12.7. The number of hydrogen-bond donors (Lipinski definition) is 1. The summed E-state index contributed by atoms with van der Waals surface area (Å²) in [6.45, 7) is 10.6. The maximum Gasteiger partial charge on any atom is 0.472 e. The minimum Gasteiger partial charge on any atom is -0.376 e. The molecule has 0 bridgehead atoms. The molecule has 2 rings (SSSR count). The van der Waals surface area contributed by atoms with Crippen LogP contribution in [0.25, 0.3) is 0 Å². The Morgan fingerprint density at radius 2 is 1.74 bits per heavy atom. The molecular formula is C20H33N2O8P. The molecule has 2 aliphatic rings. The van der Waals surface area contributed by atoms with Crippen LogP contribution in [0.2, 0.25) is 0 Å². The summed E-state index contributed by atoms with van der Waals surface area (Å²) >= 11 is 0. The lowest BCUT2D eigenvalue weighted by Gasteiger charge is -2.28. The number of ether oxygens (including phenoxy) is 4. The van der Waals surface area contributed by atoms with Crippen LogP contribution in [-0.4, -0.2) is 66.9 Å². The van der Waals surface area contributed by atoms with Gasteiger partial charge in [0.15, 0.2) is 5.41 Å². The molecule has 176 valence electrons. The number of nitriles is 2. The minimum absolute atomic E-state index is 0.00859. The number of phosphoric acid groups is 1. The fourth-order valence-electron chi connectivity index (χ4n) is 3.77. The van der Waals surface area contributed by atoms with E-state index in [1.165, 1.54) is 0 Å². The molecule has 1 unspecified atom stereocenters. The van der Waals surface area contributed by atoms with Crippen LogP contribution in [0, 0.1) is 28.1 Å². The standard InChI is InChI=1S/C20H33N2O8P/c1-12(2)25-8-18-19(20(10-21,11-22)15(6)29-18)30-31(23,24)26-9-17-16(27-13(3)4)7-14(5)28-17/h12-19H,7-9H2,1-6H3,(H,23,24)/t14-,15-,16+,17+,18+,19-/m0/s1. The quantitative estimate of drug-likeness (QED) is 0.484. The van der Waals surface area contributed by atoms with Crippen molar-refractivity contribution in [3.8, 4) is 12.1 Å². The molecule has 2 fully saturated rings. The average Bonchev–Trinajstić information content (AvgIpc) is 3.14. The Balaban J connectivity index is 2.11.